The van der Waals surface area contributed by atoms with Crippen LogP contribution < -0.4 is 5.32 Å². The van der Waals surface area contributed by atoms with E-state index >= 15 is 0 Å². The van der Waals surface area contributed by atoms with Crippen molar-refractivity contribution in [1.29, 1.82) is 0 Å². The maximum Gasteiger partial charge on any atom is 0.0209 e. The van der Waals surface area contributed by atoms with Crippen molar-refractivity contribution >= 4 is 0 Å². The second-order valence-electron chi connectivity index (χ2n) is 4.77. The van der Waals surface area contributed by atoms with Gasteiger partial charge in [0.05, 0.1) is 0 Å². The molecule has 0 amide bonds. The minimum absolute atomic E-state index is 0.774. The molecule has 0 bridgehead atoms. The van der Waals surface area contributed by atoms with E-state index in [1.165, 1.54) is 38.8 Å². The normalized spacial score (nSPS) is 32.3. The molecule has 2 unspecified atom stereocenters. The molecule has 2 nitrogen and oxygen atoms in total. The molecule has 2 aliphatic rings. The van der Waals surface area contributed by atoms with Gasteiger partial charge >= 0.3 is 0 Å². The molecular weight excluding hydrogens is 160 g/mol. The Labute approximate surface area is 81.7 Å². The minimum Gasteiger partial charge on any atom is -0.310 e. The lowest BCUT2D eigenvalue weighted by atomic mass is 10.1. The monoisotopic (exact) mass is 182 g/mol. The Balaban J connectivity index is 1.75. The van der Waals surface area contributed by atoms with Gasteiger partial charge in [-0.2, -0.15) is 0 Å². The van der Waals surface area contributed by atoms with E-state index in [0.29, 0.717) is 0 Å². The number of nitrogens with zero attached hydrogens (tertiary/aromatic N) is 1. The largest absolute Gasteiger partial charge is 0.310 e. The Morgan fingerprint density at radius 2 is 2.15 bits per heavy atom. The van der Waals surface area contributed by atoms with Crippen LogP contribution in [0.15, 0.2) is 0 Å². The van der Waals surface area contributed by atoms with Crippen LogP contribution in [0.4, 0.5) is 0 Å². The summed E-state index contributed by atoms with van der Waals surface area (Å²) < 4.78 is 0. The van der Waals surface area contributed by atoms with Gasteiger partial charge in [0, 0.05) is 18.6 Å². The topological polar surface area (TPSA) is 15.3 Å². The smallest absolute Gasteiger partial charge is 0.0209 e. The first-order valence-corrected chi connectivity index (χ1v) is 5.74. The Morgan fingerprint density at radius 3 is 2.62 bits per heavy atom. The molecule has 1 aliphatic heterocycles. The van der Waals surface area contributed by atoms with Crippen LogP contribution in [0.1, 0.15) is 32.6 Å². The van der Waals surface area contributed by atoms with Gasteiger partial charge in [-0.1, -0.05) is 6.92 Å². The summed E-state index contributed by atoms with van der Waals surface area (Å²) in [5.74, 6) is 1.01. The van der Waals surface area contributed by atoms with Crippen LogP contribution in [0, 0.1) is 5.92 Å². The van der Waals surface area contributed by atoms with E-state index in [1.54, 1.807) is 0 Å². The third-order valence-electron chi connectivity index (χ3n) is 3.47. The van der Waals surface area contributed by atoms with E-state index in [1.807, 2.05) is 0 Å². The molecule has 0 aromatic rings. The van der Waals surface area contributed by atoms with Crippen molar-refractivity contribution < 1.29 is 0 Å². The maximum atomic E-state index is 3.82. The van der Waals surface area contributed by atoms with Crippen LogP contribution in [-0.2, 0) is 0 Å². The van der Waals surface area contributed by atoms with Crippen molar-refractivity contribution in [3.05, 3.63) is 0 Å². The summed E-state index contributed by atoms with van der Waals surface area (Å²) in [5.41, 5.74) is 0. The zero-order chi connectivity index (χ0) is 9.26. The van der Waals surface area contributed by atoms with Gasteiger partial charge in [0.15, 0.2) is 0 Å². The molecule has 1 heterocycles. The predicted octanol–water partition coefficient (Wildman–Crippen LogP) is 1.47. The maximum absolute atomic E-state index is 3.82. The second-order valence-corrected chi connectivity index (χ2v) is 4.77. The lowest BCUT2D eigenvalue weighted by Gasteiger charge is -2.21. The average molecular weight is 182 g/mol. The van der Waals surface area contributed by atoms with Crippen LogP contribution in [0.2, 0.25) is 0 Å². The highest BCUT2D eigenvalue weighted by Crippen LogP contribution is 2.34. The molecular formula is C11H22N2. The van der Waals surface area contributed by atoms with Crippen molar-refractivity contribution in [3.63, 3.8) is 0 Å². The Hall–Kier alpha value is -0.0800. The molecule has 1 saturated carbocycles. The fourth-order valence-corrected chi connectivity index (χ4v) is 2.46. The van der Waals surface area contributed by atoms with Crippen molar-refractivity contribution in [3.8, 4) is 0 Å². The zero-order valence-electron chi connectivity index (χ0n) is 8.92. The summed E-state index contributed by atoms with van der Waals surface area (Å²) in [7, 11) is 2.22. The summed E-state index contributed by atoms with van der Waals surface area (Å²) in [6.07, 6.45) is 5.59. The van der Waals surface area contributed by atoms with Gasteiger partial charge in [0.1, 0.15) is 0 Å². The first-order chi connectivity index (χ1) is 6.29. The van der Waals surface area contributed by atoms with Crippen LogP contribution in [0.5, 0.6) is 0 Å². The van der Waals surface area contributed by atoms with E-state index in [0.717, 1.165) is 18.0 Å². The van der Waals surface area contributed by atoms with Crippen molar-refractivity contribution in [2.75, 3.05) is 20.1 Å². The van der Waals surface area contributed by atoms with Gasteiger partial charge in [-0.25, -0.2) is 0 Å². The quantitative estimate of drug-likeness (QED) is 0.708. The summed E-state index contributed by atoms with van der Waals surface area (Å²) in [6, 6.07) is 1.59. The molecule has 0 spiro atoms. The molecule has 13 heavy (non-hydrogen) atoms. The van der Waals surface area contributed by atoms with Gasteiger partial charge in [0.25, 0.3) is 0 Å². The van der Waals surface area contributed by atoms with E-state index < -0.39 is 0 Å². The van der Waals surface area contributed by atoms with Crippen LogP contribution >= 0.6 is 0 Å². The Morgan fingerprint density at radius 1 is 1.38 bits per heavy atom. The molecule has 1 saturated heterocycles. The average Bonchev–Trinajstić information content (AvgIpc) is 2.87. The summed E-state index contributed by atoms with van der Waals surface area (Å²) in [5, 5.41) is 3.82. The highest BCUT2D eigenvalue weighted by molar-refractivity contribution is 4.90. The lowest BCUT2D eigenvalue weighted by Crippen LogP contribution is -2.40. The minimum atomic E-state index is 0.774. The molecule has 76 valence electrons. The van der Waals surface area contributed by atoms with Crippen molar-refractivity contribution in [2.45, 2.75) is 44.7 Å². The first kappa shape index (κ1) is 9.47. The van der Waals surface area contributed by atoms with Crippen molar-refractivity contribution in [1.82, 2.24) is 10.2 Å². The second kappa shape index (κ2) is 3.97. The highest BCUT2D eigenvalue weighted by Gasteiger charge is 2.32. The van der Waals surface area contributed by atoms with E-state index in [9.17, 15) is 0 Å². The fourth-order valence-electron chi connectivity index (χ4n) is 2.46. The number of nitrogens with one attached hydrogen (secondary N) is 1. The SMILES string of the molecule is CCC(NC1CCN(C)C1)C1CC1. The van der Waals surface area contributed by atoms with E-state index in [2.05, 4.69) is 24.2 Å². The van der Waals surface area contributed by atoms with E-state index in [-0.39, 0.29) is 0 Å². The third-order valence-corrected chi connectivity index (χ3v) is 3.47. The predicted molar refractivity (Wildman–Crippen MR) is 55.8 cm³/mol. The number of hydrogen-bond donors (Lipinski definition) is 1. The standard InChI is InChI=1S/C11H22N2/c1-3-11(9-4-5-9)12-10-6-7-13(2)8-10/h9-12H,3-8H2,1-2H3. The Kier molecular flexibility index (Phi) is 2.89. The molecule has 2 heteroatoms. The van der Waals surface area contributed by atoms with Crippen LogP contribution in [0.25, 0.3) is 0 Å². The Bertz CT molecular complexity index is 165. The van der Waals surface area contributed by atoms with Gasteiger partial charge in [-0.05, 0) is 45.2 Å². The molecule has 1 N–H and O–H groups in total. The van der Waals surface area contributed by atoms with Crippen molar-refractivity contribution in [2.24, 2.45) is 5.92 Å². The number of likely N-dealkylation sites (tertiary alicyclic amines) is 1. The van der Waals surface area contributed by atoms with Gasteiger partial charge in [-0.15, -0.1) is 0 Å². The van der Waals surface area contributed by atoms with Gasteiger partial charge in [-0.3, -0.25) is 0 Å². The van der Waals surface area contributed by atoms with Crippen LogP contribution in [0.3, 0.4) is 0 Å². The number of rotatable bonds is 4. The third kappa shape index (κ3) is 2.44. The molecule has 2 atom stereocenters. The summed E-state index contributed by atoms with van der Waals surface area (Å²) in [4.78, 5) is 2.43. The number of hydrogen-bond acceptors (Lipinski definition) is 2. The molecule has 0 radical (unpaired) electrons. The van der Waals surface area contributed by atoms with E-state index in [4.69, 9.17) is 0 Å². The highest BCUT2D eigenvalue weighted by atomic mass is 15.2. The molecule has 0 aromatic heterocycles. The first-order valence-electron chi connectivity index (χ1n) is 5.74. The summed E-state index contributed by atoms with van der Waals surface area (Å²) >= 11 is 0. The summed E-state index contributed by atoms with van der Waals surface area (Å²) in [6.45, 7) is 4.84. The van der Waals surface area contributed by atoms with Gasteiger partial charge in [0.2, 0.25) is 0 Å². The molecule has 1 aliphatic carbocycles. The zero-order valence-corrected chi connectivity index (χ0v) is 8.92. The van der Waals surface area contributed by atoms with Crippen LogP contribution in [-0.4, -0.2) is 37.1 Å². The molecule has 2 fully saturated rings. The fraction of sp³-hybridized carbons (Fsp3) is 1.00. The molecule has 0 aromatic carbocycles. The number of likely N-dealkylation sites (N-methyl/N-ethyl adjacent to an activating group) is 1. The lowest BCUT2D eigenvalue weighted by molar-refractivity contribution is 0.361. The van der Waals surface area contributed by atoms with Gasteiger partial charge < -0.3 is 10.2 Å². The molecule has 2 rings (SSSR count).